The molecular weight excluding hydrogens is 238 g/mol. The third kappa shape index (κ3) is 2.97. The number of pyridine rings is 1. The van der Waals surface area contributed by atoms with Crippen LogP contribution in [0, 0.1) is 0 Å². The summed E-state index contributed by atoms with van der Waals surface area (Å²) < 4.78 is 10.9. The third-order valence-electron chi connectivity index (χ3n) is 2.25. The number of ether oxygens (including phenoxy) is 2. The number of carbonyl (C=O) groups is 2. The van der Waals surface area contributed by atoms with E-state index in [1.165, 1.54) is 11.6 Å². The van der Waals surface area contributed by atoms with Crippen molar-refractivity contribution >= 4 is 11.9 Å². The fraction of sp³-hybridized carbons (Fsp3) is 0.417. The quantitative estimate of drug-likeness (QED) is 0.740. The summed E-state index contributed by atoms with van der Waals surface area (Å²) in [5.41, 5.74) is -0.404. The first-order valence-electron chi connectivity index (χ1n) is 5.56. The second-order valence-electron chi connectivity index (χ2n) is 3.46. The lowest BCUT2D eigenvalue weighted by molar-refractivity contribution is 0.0500. The van der Waals surface area contributed by atoms with Gasteiger partial charge in [0, 0.05) is 19.2 Å². The summed E-state index contributed by atoms with van der Waals surface area (Å²) in [6.07, 6.45) is 0. The first kappa shape index (κ1) is 14.0. The summed E-state index contributed by atoms with van der Waals surface area (Å²) in [6, 6.07) is 2.25. The van der Waals surface area contributed by atoms with Gasteiger partial charge in [-0.25, -0.2) is 9.59 Å². The van der Waals surface area contributed by atoms with Gasteiger partial charge in [-0.05, 0) is 13.8 Å². The van der Waals surface area contributed by atoms with Crippen LogP contribution in [0.25, 0.3) is 0 Å². The van der Waals surface area contributed by atoms with Gasteiger partial charge in [0.25, 0.3) is 0 Å². The Morgan fingerprint density at radius 1 is 1.06 bits per heavy atom. The molecule has 0 spiro atoms. The molecule has 0 saturated carbocycles. The predicted octanol–water partition coefficient (Wildman–Crippen LogP) is 0.739. The van der Waals surface area contributed by atoms with Crippen molar-refractivity contribution in [2.24, 2.45) is 7.05 Å². The second kappa shape index (κ2) is 6.00. The molecule has 0 atom stereocenters. The maximum Gasteiger partial charge on any atom is 0.355 e. The Morgan fingerprint density at radius 2 is 1.44 bits per heavy atom. The zero-order valence-corrected chi connectivity index (χ0v) is 10.6. The number of rotatable bonds is 4. The molecule has 1 aromatic heterocycles. The first-order valence-corrected chi connectivity index (χ1v) is 5.56. The lowest BCUT2D eigenvalue weighted by Crippen LogP contribution is -2.23. The van der Waals surface area contributed by atoms with Gasteiger partial charge in [0.2, 0.25) is 0 Å². The molecular formula is C12H15NO5. The van der Waals surface area contributed by atoms with Crippen molar-refractivity contribution in [3.05, 3.63) is 33.7 Å². The van der Waals surface area contributed by atoms with Gasteiger partial charge in [-0.15, -0.1) is 0 Å². The van der Waals surface area contributed by atoms with Crippen molar-refractivity contribution in [3.8, 4) is 0 Å². The standard InChI is InChI=1S/C12H15NO5/c1-4-17-11(15)9-6-8(14)7-10(13(9)3)12(16)18-5-2/h6-7H,4-5H2,1-3H3. The SMILES string of the molecule is CCOC(=O)c1cc(=O)cc(C(=O)OCC)n1C. The van der Waals surface area contributed by atoms with Gasteiger partial charge in [0.05, 0.1) is 13.2 Å². The van der Waals surface area contributed by atoms with Gasteiger partial charge in [-0.1, -0.05) is 0 Å². The van der Waals surface area contributed by atoms with Crippen LogP contribution in [-0.4, -0.2) is 29.7 Å². The molecule has 0 aromatic carbocycles. The van der Waals surface area contributed by atoms with Crippen LogP contribution in [0.2, 0.25) is 0 Å². The Kier molecular flexibility index (Phi) is 4.65. The van der Waals surface area contributed by atoms with Gasteiger partial charge < -0.3 is 14.0 Å². The maximum atomic E-state index is 11.6. The summed E-state index contributed by atoms with van der Waals surface area (Å²) in [5, 5.41) is 0. The Balaban J connectivity index is 3.26. The highest BCUT2D eigenvalue weighted by molar-refractivity contribution is 5.92. The zero-order chi connectivity index (χ0) is 13.7. The van der Waals surface area contributed by atoms with Gasteiger partial charge in [-0.2, -0.15) is 0 Å². The van der Waals surface area contributed by atoms with Crippen LogP contribution in [0.1, 0.15) is 34.8 Å². The Morgan fingerprint density at radius 3 is 1.78 bits per heavy atom. The molecule has 0 aliphatic carbocycles. The second-order valence-corrected chi connectivity index (χ2v) is 3.46. The van der Waals surface area contributed by atoms with Crippen LogP contribution in [-0.2, 0) is 16.5 Å². The monoisotopic (exact) mass is 253 g/mol. The minimum absolute atomic E-state index is 0.0207. The van der Waals surface area contributed by atoms with Crippen LogP contribution in [0.3, 0.4) is 0 Å². The molecule has 0 saturated heterocycles. The van der Waals surface area contributed by atoms with Crippen LogP contribution >= 0.6 is 0 Å². The smallest absolute Gasteiger partial charge is 0.355 e. The average Bonchev–Trinajstić information content (AvgIpc) is 2.32. The van der Waals surface area contributed by atoms with Gasteiger partial charge in [0.15, 0.2) is 5.43 Å². The molecule has 98 valence electrons. The summed E-state index contributed by atoms with van der Waals surface area (Å²) in [7, 11) is 1.50. The predicted molar refractivity (Wildman–Crippen MR) is 63.6 cm³/mol. The van der Waals surface area contributed by atoms with E-state index in [-0.39, 0.29) is 24.6 Å². The van der Waals surface area contributed by atoms with Crippen molar-refractivity contribution in [1.29, 1.82) is 0 Å². The molecule has 6 nitrogen and oxygen atoms in total. The highest BCUT2D eigenvalue weighted by Crippen LogP contribution is 2.05. The summed E-state index contributed by atoms with van der Waals surface area (Å²) in [6.45, 7) is 3.70. The van der Waals surface area contributed by atoms with Crippen molar-refractivity contribution in [2.75, 3.05) is 13.2 Å². The van der Waals surface area contributed by atoms with Gasteiger partial charge >= 0.3 is 11.9 Å². The van der Waals surface area contributed by atoms with Crippen LogP contribution in [0.4, 0.5) is 0 Å². The van der Waals surface area contributed by atoms with E-state index >= 15 is 0 Å². The number of aromatic nitrogens is 1. The molecule has 18 heavy (non-hydrogen) atoms. The van der Waals surface area contributed by atoms with Gasteiger partial charge in [0.1, 0.15) is 11.4 Å². The highest BCUT2D eigenvalue weighted by Gasteiger charge is 2.18. The first-order chi connectivity index (χ1) is 8.51. The molecule has 0 N–H and O–H groups in total. The van der Waals surface area contributed by atoms with Crippen molar-refractivity contribution in [3.63, 3.8) is 0 Å². The molecule has 0 fully saturated rings. The van der Waals surface area contributed by atoms with Crippen molar-refractivity contribution < 1.29 is 19.1 Å². The number of esters is 2. The lowest BCUT2D eigenvalue weighted by Gasteiger charge is -2.12. The number of hydrogen-bond acceptors (Lipinski definition) is 5. The zero-order valence-electron chi connectivity index (χ0n) is 10.6. The lowest BCUT2D eigenvalue weighted by atomic mass is 10.2. The molecule has 0 bridgehead atoms. The molecule has 0 aliphatic heterocycles. The largest absolute Gasteiger partial charge is 0.461 e. The van der Waals surface area contributed by atoms with Crippen molar-refractivity contribution in [1.82, 2.24) is 4.57 Å². The van der Waals surface area contributed by atoms with E-state index < -0.39 is 17.4 Å². The molecule has 1 aromatic rings. The number of carbonyl (C=O) groups excluding carboxylic acids is 2. The molecule has 0 unspecified atom stereocenters. The molecule has 0 aliphatic rings. The summed E-state index contributed by atoms with van der Waals surface area (Å²) in [4.78, 5) is 34.7. The molecule has 6 heteroatoms. The average molecular weight is 253 g/mol. The Hall–Kier alpha value is -2.11. The maximum absolute atomic E-state index is 11.6. The van der Waals surface area contributed by atoms with Crippen LogP contribution < -0.4 is 5.43 Å². The van der Waals surface area contributed by atoms with Crippen molar-refractivity contribution in [2.45, 2.75) is 13.8 Å². The van der Waals surface area contributed by atoms with E-state index in [1.807, 2.05) is 0 Å². The normalized spacial score (nSPS) is 9.94. The highest BCUT2D eigenvalue weighted by atomic mass is 16.5. The molecule has 0 radical (unpaired) electrons. The fourth-order valence-electron chi connectivity index (χ4n) is 1.44. The molecule has 1 heterocycles. The minimum atomic E-state index is -0.650. The molecule has 1 rings (SSSR count). The van der Waals surface area contributed by atoms with E-state index in [2.05, 4.69) is 0 Å². The fourth-order valence-corrected chi connectivity index (χ4v) is 1.44. The van der Waals surface area contributed by atoms with E-state index in [0.717, 1.165) is 12.1 Å². The minimum Gasteiger partial charge on any atom is -0.461 e. The summed E-state index contributed by atoms with van der Waals surface area (Å²) >= 11 is 0. The van der Waals surface area contributed by atoms with E-state index in [0.29, 0.717) is 0 Å². The van der Waals surface area contributed by atoms with Crippen LogP contribution in [0.5, 0.6) is 0 Å². The van der Waals surface area contributed by atoms with E-state index in [4.69, 9.17) is 9.47 Å². The number of hydrogen-bond donors (Lipinski definition) is 0. The topological polar surface area (TPSA) is 74.6 Å². The van der Waals surface area contributed by atoms with E-state index in [9.17, 15) is 14.4 Å². The number of nitrogens with zero attached hydrogens (tertiary/aromatic N) is 1. The van der Waals surface area contributed by atoms with Gasteiger partial charge in [-0.3, -0.25) is 4.79 Å². The Bertz CT molecular complexity index is 475. The Labute approximate surface area is 104 Å². The van der Waals surface area contributed by atoms with E-state index in [1.54, 1.807) is 13.8 Å². The van der Waals surface area contributed by atoms with Crippen LogP contribution in [0.15, 0.2) is 16.9 Å². The third-order valence-corrected chi connectivity index (χ3v) is 2.25. The summed E-state index contributed by atoms with van der Waals surface area (Å²) in [5.74, 6) is -1.30. The molecule has 0 amide bonds.